The fourth-order valence-electron chi connectivity index (χ4n) is 2.92. The van der Waals surface area contributed by atoms with E-state index in [4.69, 9.17) is 4.74 Å². The zero-order valence-corrected chi connectivity index (χ0v) is 14.5. The Morgan fingerprint density at radius 2 is 1.96 bits per heavy atom. The van der Waals surface area contributed by atoms with E-state index in [1.54, 1.807) is 18.2 Å². The Hall–Kier alpha value is -3.67. The van der Waals surface area contributed by atoms with Crippen LogP contribution in [0.15, 0.2) is 78.8 Å². The summed E-state index contributed by atoms with van der Waals surface area (Å²) in [5.41, 5.74) is -0.117. The number of benzene rings is 1. The molecular formula is C21H18N2O4. The van der Waals surface area contributed by atoms with Crippen LogP contribution in [0.4, 0.5) is 0 Å². The van der Waals surface area contributed by atoms with Gasteiger partial charge in [-0.3, -0.25) is 9.36 Å². The molecule has 0 radical (unpaired) electrons. The normalized spacial score (nSPS) is 11.7. The van der Waals surface area contributed by atoms with Crippen LogP contribution in [-0.4, -0.2) is 27.2 Å². The number of hydrogen-bond acceptors (Lipinski definition) is 5. The molecule has 27 heavy (non-hydrogen) atoms. The van der Waals surface area contributed by atoms with Crippen molar-refractivity contribution >= 4 is 17.0 Å². The molecule has 3 aromatic rings. The summed E-state index contributed by atoms with van der Waals surface area (Å²) in [6.07, 6.45) is 4.48. The fraction of sp³-hybridized carbons (Fsp3) is 0.0952. The third-order valence-electron chi connectivity index (χ3n) is 4.12. The standard InChI is InChI=1S/C21H18N2O4/c1-3-13-27-21(26)17-18(24)15-11-8-12-22-19(15)23(20(17)25)16(4-2)14-9-6-5-7-10-14/h3-12,16,24H,1-2,13H2. The Morgan fingerprint density at radius 3 is 2.63 bits per heavy atom. The van der Waals surface area contributed by atoms with Crippen molar-refractivity contribution in [2.24, 2.45) is 0 Å². The molecule has 0 aliphatic rings. The average Bonchev–Trinajstić information content (AvgIpc) is 2.70. The molecule has 1 atom stereocenters. The molecule has 0 amide bonds. The Morgan fingerprint density at radius 1 is 1.22 bits per heavy atom. The van der Waals surface area contributed by atoms with Crippen molar-refractivity contribution in [1.29, 1.82) is 0 Å². The molecule has 0 spiro atoms. The average molecular weight is 362 g/mol. The van der Waals surface area contributed by atoms with Crippen molar-refractivity contribution < 1.29 is 14.6 Å². The molecule has 0 bridgehead atoms. The van der Waals surface area contributed by atoms with Gasteiger partial charge in [0, 0.05) is 6.20 Å². The molecule has 2 heterocycles. The first-order chi connectivity index (χ1) is 13.1. The van der Waals surface area contributed by atoms with Gasteiger partial charge in [-0.1, -0.05) is 49.1 Å². The molecule has 0 aliphatic heterocycles. The van der Waals surface area contributed by atoms with Crippen LogP contribution in [0.1, 0.15) is 22.0 Å². The Bertz CT molecular complexity index is 1070. The summed E-state index contributed by atoms with van der Waals surface area (Å²) >= 11 is 0. The summed E-state index contributed by atoms with van der Waals surface area (Å²) in [5.74, 6) is -1.38. The SMILES string of the molecule is C=CCOC(=O)c1c(O)c2cccnc2n(C(C=C)c2ccccc2)c1=O. The highest BCUT2D eigenvalue weighted by Crippen LogP contribution is 2.29. The number of hydrogen-bond donors (Lipinski definition) is 1. The second-order valence-electron chi connectivity index (χ2n) is 5.75. The number of carbonyl (C=O) groups excluding carboxylic acids is 1. The van der Waals surface area contributed by atoms with Gasteiger partial charge in [0.05, 0.1) is 11.4 Å². The van der Waals surface area contributed by atoms with E-state index in [9.17, 15) is 14.7 Å². The summed E-state index contributed by atoms with van der Waals surface area (Å²) in [6.45, 7) is 7.23. The third kappa shape index (κ3) is 3.25. The van der Waals surface area contributed by atoms with Gasteiger partial charge in [0.1, 0.15) is 18.0 Å². The van der Waals surface area contributed by atoms with Crippen LogP contribution >= 0.6 is 0 Å². The van der Waals surface area contributed by atoms with Crippen molar-refractivity contribution in [3.05, 3.63) is 95.5 Å². The van der Waals surface area contributed by atoms with Gasteiger partial charge in [0.25, 0.3) is 5.56 Å². The maximum atomic E-state index is 13.2. The van der Waals surface area contributed by atoms with Crippen molar-refractivity contribution in [1.82, 2.24) is 9.55 Å². The molecule has 2 aromatic heterocycles. The summed E-state index contributed by atoms with van der Waals surface area (Å²) in [7, 11) is 0. The first-order valence-corrected chi connectivity index (χ1v) is 8.27. The maximum absolute atomic E-state index is 13.2. The zero-order chi connectivity index (χ0) is 19.4. The van der Waals surface area contributed by atoms with Gasteiger partial charge in [-0.05, 0) is 17.7 Å². The van der Waals surface area contributed by atoms with Crippen LogP contribution in [-0.2, 0) is 4.74 Å². The minimum atomic E-state index is -0.923. The molecule has 0 saturated carbocycles. The van der Waals surface area contributed by atoms with Crippen LogP contribution in [0.5, 0.6) is 5.75 Å². The minimum Gasteiger partial charge on any atom is -0.506 e. The Kier molecular flexibility index (Phi) is 5.17. The van der Waals surface area contributed by atoms with Crippen molar-refractivity contribution in [3.63, 3.8) is 0 Å². The molecule has 3 rings (SSSR count). The number of esters is 1. The van der Waals surface area contributed by atoms with Crippen molar-refractivity contribution in [2.75, 3.05) is 6.61 Å². The number of pyridine rings is 2. The zero-order valence-electron chi connectivity index (χ0n) is 14.5. The van der Waals surface area contributed by atoms with E-state index in [1.165, 1.54) is 16.8 Å². The molecule has 6 nitrogen and oxygen atoms in total. The highest BCUT2D eigenvalue weighted by Gasteiger charge is 2.26. The number of aromatic hydroxyl groups is 1. The minimum absolute atomic E-state index is 0.0770. The molecule has 6 heteroatoms. The lowest BCUT2D eigenvalue weighted by Gasteiger charge is -2.20. The first kappa shape index (κ1) is 18.1. The number of fused-ring (bicyclic) bond motifs is 1. The fourth-order valence-corrected chi connectivity index (χ4v) is 2.92. The van der Waals surface area contributed by atoms with Crippen LogP contribution in [0, 0.1) is 0 Å². The van der Waals surface area contributed by atoms with E-state index in [2.05, 4.69) is 18.1 Å². The largest absolute Gasteiger partial charge is 0.506 e. The Labute approximate surface area is 155 Å². The van der Waals surface area contributed by atoms with E-state index >= 15 is 0 Å². The molecule has 0 aliphatic carbocycles. The van der Waals surface area contributed by atoms with Crippen LogP contribution < -0.4 is 5.56 Å². The van der Waals surface area contributed by atoms with E-state index in [0.717, 1.165) is 5.56 Å². The second kappa shape index (κ2) is 7.70. The van der Waals surface area contributed by atoms with Gasteiger partial charge in [0.15, 0.2) is 5.56 Å². The topological polar surface area (TPSA) is 81.4 Å². The van der Waals surface area contributed by atoms with Gasteiger partial charge in [-0.2, -0.15) is 0 Å². The maximum Gasteiger partial charge on any atom is 0.347 e. The van der Waals surface area contributed by atoms with Crippen molar-refractivity contribution in [3.8, 4) is 5.75 Å². The third-order valence-corrected chi connectivity index (χ3v) is 4.12. The second-order valence-corrected chi connectivity index (χ2v) is 5.75. The summed E-state index contributed by atoms with van der Waals surface area (Å²) in [4.78, 5) is 29.8. The van der Waals surface area contributed by atoms with Gasteiger partial charge in [-0.15, -0.1) is 6.58 Å². The van der Waals surface area contributed by atoms with E-state index in [0.29, 0.717) is 0 Å². The lowest BCUT2D eigenvalue weighted by molar-refractivity contribution is 0.0544. The van der Waals surface area contributed by atoms with Gasteiger partial charge < -0.3 is 9.84 Å². The number of carbonyl (C=O) groups is 1. The number of rotatable bonds is 6. The molecule has 136 valence electrons. The Balaban J connectivity index is 2.34. The smallest absolute Gasteiger partial charge is 0.347 e. The first-order valence-electron chi connectivity index (χ1n) is 8.27. The quantitative estimate of drug-likeness (QED) is 0.538. The molecule has 1 aromatic carbocycles. The molecule has 1 N–H and O–H groups in total. The lowest BCUT2D eigenvalue weighted by atomic mass is 10.0. The van der Waals surface area contributed by atoms with Crippen LogP contribution in [0.25, 0.3) is 11.0 Å². The molecular weight excluding hydrogens is 344 g/mol. The predicted octanol–water partition coefficient (Wildman–Crippen LogP) is 3.22. The molecule has 0 saturated heterocycles. The summed E-state index contributed by atoms with van der Waals surface area (Å²) in [6, 6.07) is 11.8. The van der Waals surface area contributed by atoms with Gasteiger partial charge >= 0.3 is 5.97 Å². The van der Waals surface area contributed by atoms with E-state index < -0.39 is 28.9 Å². The lowest BCUT2D eigenvalue weighted by Crippen LogP contribution is -2.31. The monoisotopic (exact) mass is 362 g/mol. The van der Waals surface area contributed by atoms with Gasteiger partial charge in [0.2, 0.25) is 0 Å². The van der Waals surface area contributed by atoms with E-state index in [-0.39, 0.29) is 17.6 Å². The summed E-state index contributed by atoms with van der Waals surface area (Å²) in [5, 5.41) is 10.8. The number of ether oxygens (including phenoxy) is 1. The number of nitrogens with zero attached hydrogens (tertiary/aromatic N) is 2. The predicted molar refractivity (Wildman–Crippen MR) is 103 cm³/mol. The molecule has 1 unspecified atom stereocenters. The van der Waals surface area contributed by atoms with Gasteiger partial charge in [-0.25, -0.2) is 9.78 Å². The summed E-state index contributed by atoms with van der Waals surface area (Å²) < 4.78 is 6.32. The number of aromatic nitrogens is 2. The molecule has 0 fully saturated rings. The highest BCUT2D eigenvalue weighted by atomic mass is 16.5. The highest BCUT2D eigenvalue weighted by molar-refractivity contribution is 5.98. The van der Waals surface area contributed by atoms with E-state index in [1.807, 2.05) is 30.3 Å². The van der Waals surface area contributed by atoms with Crippen LogP contribution in [0.2, 0.25) is 0 Å². The van der Waals surface area contributed by atoms with Crippen molar-refractivity contribution in [2.45, 2.75) is 6.04 Å². The number of allylic oxidation sites excluding steroid dienone is 1. The van der Waals surface area contributed by atoms with Crippen LogP contribution in [0.3, 0.4) is 0 Å².